The first-order valence-corrected chi connectivity index (χ1v) is 7.82. The first-order chi connectivity index (χ1) is 9.70. The van der Waals surface area contributed by atoms with Gasteiger partial charge < -0.3 is 0 Å². The van der Waals surface area contributed by atoms with Gasteiger partial charge in [0.2, 0.25) is 0 Å². The molecule has 0 saturated heterocycles. The van der Waals surface area contributed by atoms with Gasteiger partial charge in [-0.25, -0.2) is 4.79 Å². The van der Waals surface area contributed by atoms with Crippen LogP contribution in [0.3, 0.4) is 0 Å². The lowest BCUT2D eigenvalue weighted by Gasteiger charge is -2.19. The molecule has 0 aliphatic carbocycles. The molecule has 0 aliphatic rings. The van der Waals surface area contributed by atoms with Gasteiger partial charge in [0.25, 0.3) is 0 Å². The average molecular weight is 349 g/mol. The Morgan fingerprint density at radius 1 is 1.14 bits per heavy atom. The van der Waals surface area contributed by atoms with Crippen molar-refractivity contribution in [1.82, 2.24) is 9.55 Å². The predicted molar refractivity (Wildman–Crippen MR) is 89.9 cm³/mol. The number of halogens is 1. The molecule has 4 heteroatoms. The molecule has 0 aliphatic heterocycles. The molecule has 0 N–H and O–H groups in total. The Balaban J connectivity index is 2.36. The van der Waals surface area contributed by atoms with Crippen LogP contribution in [-0.2, 0) is 12.0 Å². The van der Waals surface area contributed by atoms with Crippen molar-refractivity contribution < 1.29 is 0 Å². The molecule has 0 radical (unpaired) electrons. The van der Waals surface area contributed by atoms with Crippen LogP contribution in [0.25, 0.3) is 0 Å². The summed E-state index contributed by atoms with van der Waals surface area (Å²) in [5.41, 5.74) is 3.97. The molecule has 0 spiro atoms. The summed E-state index contributed by atoms with van der Waals surface area (Å²) in [6.45, 7) is 10.9. The van der Waals surface area contributed by atoms with Crippen LogP contribution in [0.2, 0.25) is 0 Å². The molecule has 1 aromatic carbocycles. The van der Waals surface area contributed by atoms with Gasteiger partial charge in [-0.1, -0.05) is 45.0 Å². The van der Waals surface area contributed by atoms with Crippen molar-refractivity contribution in [3.63, 3.8) is 0 Å². The third-order valence-electron chi connectivity index (χ3n) is 3.70. The van der Waals surface area contributed by atoms with Crippen LogP contribution in [0, 0.1) is 13.8 Å². The van der Waals surface area contributed by atoms with E-state index in [4.69, 9.17) is 0 Å². The number of nitrogens with zero attached hydrogens (tertiary/aromatic N) is 2. The summed E-state index contributed by atoms with van der Waals surface area (Å²) in [4.78, 5) is 16.1. The minimum atomic E-state index is -0.201. The van der Waals surface area contributed by atoms with Gasteiger partial charge in [0.15, 0.2) is 0 Å². The van der Waals surface area contributed by atoms with Crippen molar-refractivity contribution in [3.05, 3.63) is 61.7 Å². The first kappa shape index (κ1) is 16.0. The zero-order chi connectivity index (χ0) is 15.8. The fraction of sp³-hybridized carbons (Fsp3) is 0.412. The fourth-order valence-corrected chi connectivity index (χ4v) is 2.56. The van der Waals surface area contributed by atoms with Crippen molar-refractivity contribution in [1.29, 1.82) is 0 Å². The summed E-state index contributed by atoms with van der Waals surface area (Å²) in [6.07, 6.45) is 0. The molecule has 2 aromatic rings. The molecule has 0 amide bonds. The van der Waals surface area contributed by atoms with E-state index in [0.29, 0.717) is 6.54 Å². The maximum atomic E-state index is 12.1. The van der Waals surface area contributed by atoms with Crippen LogP contribution >= 0.6 is 15.9 Å². The summed E-state index contributed by atoms with van der Waals surface area (Å²) >= 11 is 3.49. The number of benzene rings is 1. The number of hydrogen-bond acceptors (Lipinski definition) is 2. The molecule has 0 saturated carbocycles. The van der Waals surface area contributed by atoms with Gasteiger partial charge in [-0.2, -0.15) is 4.98 Å². The zero-order valence-corrected chi connectivity index (χ0v) is 14.8. The maximum Gasteiger partial charge on any atom is 0.348 e. The third kappa shape index (κ3) is 3.43. The minimum Gasteiger partial charge on any atom is -0.291 e. The lowest BCUT2D eigenvalue weighted by Crippen LogP contribution is -2.27. The molecular formula is C17H21BrN2O. The monoisotopic (exact) mass is 348 g/mol. The Bertz CT molecular complexity index is 709. The predicted octanol–water partition coefficient (Wildman–Crippen LogP) is 3.97. The van der Waals surface area contributed by atoms with Gasteiger partial charge in [0.1, 0.15) is 0 Å². The smallest absolute Gasteiger partial charge is 0.291 e. The van der Waals surface area contributed by atoms with Crippen LogP contribution in [-0.4, -0.2) is 9.55 Å². The number of aromatic nitrogens is 2. The standard InChI is InChI=1S/C17H21BrN2O/c1-11-15(18)12(2)20(16(21)19-11)10-13-6-8-14(9-7-13)17(3,4)5/h6-9H,10H2,1-5H3. The van der Waals surface area contributed by atoms with Gasteiger partial charge in [-0.05, 0) is 46.3 Å². The van der Waals surface area contributed by atoms with Gasteiger partial charge in [0, 0.05) is 5.69 Å². The fourth-order valence-electron chi connectivity index (χ4n) is 2.26. The lowest BCUT2D eigenvalue weighted by molar-refractivity contribution is 0.589. The third-order valence-corrected chi connectivity index (χ3v) is 4.84. The summed E-state index contributed by atoms with van der Waals surface area (Å²) in [5, 5.41) is 0. The minimum absolute atomic E-state index is 0.139. The molecule has 1 heterocycles. The van der Waals surface area contributed by atoms with Crippen molar-refractivity contribution >= 4 is 15.9 Å². The van der Waals surface area contributed by atoms with Crippen molar-refractivity contribution in [3.8, 4) is 0 Å². The second-order valence-corrected chi connectivity index (χ2v) is 7.21. The van der Waals surface area contributed by atoms with Crippen LogP contribution in [0.1, 0.15) is 43.3 Å². The second kappa shape index (κ2) is 5.76. The Hall–Kier alpha value is -1.42. The van der Waals surface area contributed by atoms with E-state index in [1.54, 1.807) is 4.57 Å². The summed E-state index contributed by atoms with van der Waals surface area (Å²) in [5.74, 6) is 0. The first-order valence-electron chi connectivity index (χ1n) is 7.03. The molecule has 1 aromatic heterocycles. The molecule has 21 heavy (non-hydrogen) atoms. The molecule has 0 fully saturated rings. The van der Waals surface area contributed by atoms with Gasteiger partial charge in [-0.15, -0.1) is 0 Å². The second-order valence-electron chi connectivity index (χ2n) is 6.41. The van der Waals surface area contributed by atoms with Crippen LogP contribution in [0.5, 0.6) is 0 Å². The van der Waals surface area contributed by atoms with Crippen molar-refractivity contribution in [2.24, 2.45) is 0 Å². The van der Waals surface area contributed by atoms with Crippen LogP contribution in [0.4, 0.5) is 0 Å². The SMILES string of the molecule is Cc1nc(=O)n(Cc2ccc(C(C)(C)C)cc2)c(C)c1Br. The summed E-state index contributed by atoms with van der Waals surface area (Å²) < 4.78 is 2.59. The molecule has 0 unspecified atom stereocenters. The molecule has 112 valence electrons. The highest BCUT2D eigenvalue weighted by Gasteiger charge is 2.14. The maximum absolute atomic E-state index is 12.1. The van der Waals surface area contributed by atoms with Crippen molar-refractivity contribution in [2.45, 2.75) is 46.6 Å². The lowest BCUT2D eigenvalue weighted by atomic mass is 9.87. The number of aryl methyl sites for hydroxylation is 1. The molecular weight excluding hydrogens is 328 g/mol. The van der Waals surface area contributed by atoms with Gasteiger partial charge >= 0.3 is 5.69 Å². The number of rotatable bonds is 2. The molecule has 3 nitrogen and oxygen atoms in total. The van der Waals surface area contributed by atoms with E-state index in [0.717, 1.165) is 21.4 Å². The van der Waals surface area contributed by atoms with Gasteiger partial charge in [-0.3, -0.25) is 4.57 Å². The Morgan fingerprint density at radius 3 is 2.24 bits per heavy atom. The summed E-state index contributed by atoms with van der Waals surface area (Å²) in [6, 6.07) is 8.43. The van der Waals surface area contributed by atoms with E-state index in [-0.39, 0.29) is 11.1 Å². The molecule has 0 atom stereocenters. The largest absolute Gasteiger partial charge is 0.348 e. The van der Waals surface area contributed by atoms with E-state index in [1.807, 2.05) is 13.8 Å². The highest BCUT2D eigenvalue weighted by molar-refractivity contribution is 9.10. The topological polar surface area (TPSA) is 34.9 Å². The van der Waals surface area contributed by atoms with Crippen LogP contribution in [0.15, 0.2) is 33.5 Å². The Labute approximate surface area is 134 Å². The van der Waals surface area contributed by atoms with E-state index in [9.17, 15) is 4.79 Å². The Morgan fingerprint density at radius 2 is 1.71 bits per heavy atom. The molecule has 2 rings (SSSR count). The van der Waals surface area contributed by atoms with E-state index in [2.05, 4.69) is 66.0 Å². The Kier molecular flexibility index (Phi) is 4.38. The normalized spacial score (nSPS) is 11.7. The quantitative estimate of drug-likeness (QED) is 0.822. The van der Waals surface area contributed by atoms with Gasteiger partial charge in [0.05, 0.1) is 16.7 Å². The highest BCUT2D eigenvalue weighted by atomic mass is 79.9. The van der Waals surface area contributed by atoms with Crippen molar-refractivity contribution in [2.75, 3.05) is 0 Å². The summed E-state index contributed by atoms with van der Waals surface area (Å²) in [7, 11) is 0. The number of hydrogen-bond donors (Lipinski definition) is 0. The average Bonchev–Trinajstić information content (AvgIpc) is 2.41. The zero-order valence-electron chi connectivity index (χ0n) is 13.2. The van der Waals surface area contributed by atoms with E-state index < -0.39 is 0 Å². The van der Waals surface area contributed by atoms with E-state index >= 15 is 0 Å². The van der Waals surface area contributed by atoms with Crippen LogP contribution < -0.4 is 5.69 Å². The molecule has 0 bridgehead atoms. The highest BCUT2D eigenvalue weighted by Crippen LogP contribution is 2.23. The van der Waals surface area contributed by atoms with E-state index in [1.165, 1.54) is 5.56 Å².